The van der Waals surface area contributed by atoms with E-state index in [1.54, 1.807) is 12.4 Å². The normalized spacial score (nSPS) is 14.2. The fourth-order valence-corrected chi connectivity index (χ4v) is 1.52. The fraction of sp³-hybridized carbons (Fsp3) is 0.500. The molecule has 0 bridgehead atoms. The number of pyridine rings is 1. The highest BCUT2D eigenvalue weighted by molar-refractivity contribution is 5.18. The second-order valence-electron chi connectivity index (χ2n) is 3.82. The second kappa shape index (κ2) is 3.85. The van der Waals surface area contributed by atoms with Crippen LogP contribution < -0.4 is 11.1 Å². The molecule has 0 aliphatic rings. The molecule has 1 aromatic heterocycles. The first kappa shape index (κ1) is 10.2. The zero-order valence-corrected chi connectivity index (χ0v) is 8.41. The smallest absolute Gasteiger partial charge is 0.0496 e. The van der Waals surface area contributed by atoms with Crippen molar-refractivity contribution in [3.05, 3.63) is 30.1 Å². The number of nitrogens with zero attached hydrogens (tertiary/aromatic N) is 1. The van der Waals surface area contributed by atoms with Gasteiger partial charge in [-0.05, 0) is 38.6 Å². The second-order valence-corrected chi connectivity index (χ2v) is 3.82. The van der Waals surface area contributed by atoms with Gasteiger partial charge < -0.3 is 11.1 Å². The molecule has 0 radical (unpaired) electrons. The Morgan fingerprint density at radius 2 is 1.92 bits per heavy atom. The van der Waals surface area contributed by atoms with Crippen LogP contribution in [0.15, 0.2) is 24.5 Å². The quantitative estimate of drug-likeness (QED) is 0.730. The molecule has 0 amide bonds. The summed E-state index contributed by atoms with van der Waals surface area (Å²) in [5.41, 5.74) is 6.94. The minimum atomic E-state index is -0.268. The summed E-state index contributed by atoms with van der Waals surface area (Å²) in [6.07, 6.45) is 3.57. The molecule has 0 aliphatic carbocycles. The topological polar surface area (TPSA) is 50.9 Å². The van der Waals surface area contributed by atoms with Gasteiger partial charge in [0.25, 0.3) is 0 Å². The van der Waals surface area contributed by atoms with Gasteiger partial charge in [-0.15, -0.1) is 0 Å². The van der Waals surface area contributed by atoms with E-state index in [9.17, 15) is 0 Å². The lowest BCUT2D eigenvalue weighted by Gasteiger charge is -2.30. The molecule has 1 rings (SSSR count). The number of likely N-dealkylation sites (N-methyl/N-ethyl adjacent to an activating group) is 1. The Morgan fingerprint density at radius 1 is 1.38 bits per heavy atom. The van der Waals surface area contributed by atoms with Crippen molar-refractivity contribution in [2.45, 2.75) is 25.4 Å². The van der Waals surface area contributed by atoms with Gasteiger partial charge in [-0.1, -0.05) is 0 Å². The van der Waals surface area contributed by atoms with Crippen LogP contribution in [0.25, 0.3) is 0 Å². The van der Waals surface area contributed by atoms with Crippen LogP contribution in [0, 0.1) is 0 Å². The van der Waals surface area contributed by atoms with Crippen molar-refractivity contribution in [3.63, 3.8) is 0 Å². The number of rotatable bonds is 3. The summed E-state index contributed by atoms with van der Waals surface area (Å²) in [5, 5.41) is 3.21. The first-order valence-corrected chi connectivity index (χ1v) is 4.42. The zero-order chi connectivity index (χ0) is 9.90. The first-order chi connectivity index (χ1) is 6.05. The van der Waals surface area contributed by atoms with E-state index in [0.717, 1.165) is 0 Å². The predicted molar refractivity (Wildman–Crippen MR) is 54.3 cm³/mol. The van der Waals surface area contributed by atoms with Crippen LogP contribution in [0.3, 0.4) is 0 Å². The third kappa shape index (κ3) is 2.50. The molecule has 1 atom stereocenters. The molecule has 0 saturated heterocycles. The minimum absolute atomic E-state index is 0.162. The van der Waals surface area contributed by atoms with E-state index < -0.39 is 0 Å². The zero-order valence-electron chi connectivity index (χ0n) is 8.41. The average Bonchev–Trinajstić information content (AvgIpc) is 2.05. The Bertz CT molecular complexity index is 251. The van der Waals surface area contributed by atoms with Crippen LogP contribution in [0.2, 0.25) is 0 Å². The SMILES string of the molecule is CNC(c1ccncc1)C(C)(C)N. The third-order valence-corrected chi connectivity index (χ3v) is 2.07. The van der Waals surface area contributed by atoms with E-state index in [1.807, 2.05) is 33.0 Å². The predicted octanol–water partition coefficient (Wildman–Crippen LogP) is 1.08. The van der Waals surface area contributed by atoms with Gasteiger partial charge in [0.1, 0.15) is 0 Å². The molecule has 0 aromatic carbocycles. The molecule has 3 nitrogen and oxygen atoms in total. The molecule has 1 unspecified atom stereocenters. The van der Waals surface area contributed by atoms with Gasteiger partial charge in [-0.25, -0.2) is 0 Å². The van der Waals surface area contributed by atoms with E-state index in [-0.39, 0.29) is 11.6 Å². The first-order valence-electron chi connectivity index (χ1n) is 4.42. The summed E-state index contributed by atoms with van der Waals surface area (Å²) in [6.45, 7) is 4.02. The van der Waals surface area contributed by atoms with Crippen LogP contribution in [0.5, 0.6) is 0 Å². The molecule has 13 heavy (non-hydrogen) atoms. The van der Waals surface area contributed by atoms with E-state index >= 15 is 0 Å². The summed E-state index contributed by atoms with van der Waals surface area (Å²) in [7, 11) is 1.92. The van der Waals surface area contributed by atoms with E-state index in [0.29, 0.717) is 0 Å². The van der Waals surface area contributed by atoms with Crippen molar-refractivity contribution in [2.24, 2.45) is 5.73 Å². The van der Waals surface area contributed by atoms with Crippen molar-refractivity contribution in [2.75, 3.05) is 7.05 Å². The lowest BCUT2D eigenvalue weighted by atomic mass is 9.90. The largest absolute Gasteiger partial charge is 0.324 e. The highest BCUT2D eigenvalue weighted by Crippen LogP contribution is 2.21. The maximum absolute atomic E-state index is 6.04. The molecule has 3 heteroatoms. The number of nitrogens with two attached hydrogens (primary N) is 1. The maximum atomic E-state index is 6.04. The van der Waals surface area contributed by atoms with Gasteiger partial charge in [0.2, 0.25) is 0 Å². The van der Waals surface area contributed by atoms with Gasteiger partial charge in [0.05, 0.1) is 0 Å². The monoisotopic (exact) mass is 179 g/mol. The summed E-state index contributed by atoms with van der Waals surface area (Å²) in [5.74, 6) is 0. The van der Waals surface area contributed by atoms with E-state index in [2.05, 4.69) is 10.3 Å². The third-order valence-electron chi connectivity index (χ3n) is 2.07. The van der Waals surface area contributed by atoms with Crippen molar-refractivity contribution in [1.82, 2.24) is 10.3 Å². The molecule has 1 heterocycles. The molecule has 0 fully saturated rings. The molecule has 0 saturated carbocycles. The maximum Gasteiger partial charge on any atom is 0.0496 e. The van der Waals surface area contributed by atoms with Crippen LogP contribution in [-0.2, 0) is 0 Å². The molecule has 72 valence electrons. The molecule has 3 N–H and O–H groups in total. The Morgan fingerprint density at radius 3 is 2.31 bits per heavy atom. The summed E-state index contributed by atoms with van der Waals surface area (Å²) in [6, 6.07) is 4.13. The van der Waals surface area contributed by atoms with Crippen molar-refractivity contribution in [3.8, 4) is 0 Å². The molecule has 1 aromatic rings. The Labute approximate surface area is 79.4 Å². The highest BCUT2D eigenvalue weighted by Gasteiger charge is 2.24. The molecular formula is C10H17N3. The number of hydrogen-bond acceptors (Lipinski definition) is 3. The van der Waals surface area contributed by atoms with Gasteiger partial charge >= 0.3 is 0 Å². The molecular weight excluding hydrogens is 162 g/mol. The van der Waals surface area contributed by atoms with Crippen LogP contribution >= 0.6 is 0 Å². The Hall–Kier alpha value is -0.930. The summed E-state index contributed by atoms with van der Waals surface area (Å²) < 4.78 is 0. The molecule has 0 aliphatic heterocycles. The fourth-order valence-electron chi connectivity index (χ4n) is 1.52. The number of hydrogen-bond donors (Lipinski definition) is 2. The van der Waals surface area contributed by atoms with E-state index in [4.69, 9.17) is 5.73 Å². The standard InChI is InChI=1S/C10H17N3/c1-10(2,11)9(12-3)8-4-6-13-7-5-8/h4-7,9,12H,11H2,1-3H3. The molecule has 0 spiro atoms. The number of nitrogens with one attached hydrogen (secondary N) is 1. The lowest BCUT2D eigenvalue weighted by molar-refractivity contribution is 0.370. The van der Waals surface area contributed by atoms with E-state index in [1.165, 1.54) is 5.56 Å². The van der Waals surface area contributed by atoms with Gasteiger partial charge in [-0.3, -0.25) is 4.98 Å². The Kier molecular flexibility index (Phi) is 3.01. The van der Waals surface area contributed by atoms with Crippen molar-refractivity contribution >= 4 is 0 Å². The average molecular weight is 179 g/mol. The summed E-state index contributed by atoms with van der Waals surface area (Å²) >= 11 is 0. The number of aromatic nitrogens is 1. The van der Waals surface area contributed by atoms with Crippen LogP contribution in [-0.4, -0.2) is 17.6 Å². The van der Waals surface area contributed by atoms with Gasteiger partial charge in [0, 0.05) is 24.0 Å². The van der Waals surface area contributed by atoms with Gasteiger partial charge in [0.15, 0.2) is 0 Å². The summed E-state index contributed by atoms with van der Waals surface area (Å²) in [4.78, 5) is 3.98. The van der Waals surface area contributed by atoms with Crippen LogP contribution in [0.4, 0.5) is 0 Å². The Balaban J connectivity index is 2.92. The van der Waals surface area contributed by atoms with Gasteiger partial charge in [-0.2, -0.15) is 0 Å². The minimum Gasteiger partial charge on any atom is -0.324 e. The van der Waals surface area contributed by atoms with Crippen molar-refractivity contribution < 1.29 is 0 Å². The van der Waals surface area contributed by atoms with Crippen LogP contribution in [0.1, 0.15) is 25.5 Å². The van der Waals surface area contributed by atoms with Crippen molar-refractivity contribution in [1.29, 1.82) is 0 Å². The highest BCUT2D eigenvalue weighted by atomic mass is 14.9. The lowest BCUT2D eigenvalue weighted by Crippen LogP contribution is -2.45.